The number of hydrogen-bond donors (Lipinski definition) is 1. The summed E-state index contributed by atoms with van der Waals surface area (Å²) in [6.45, 7) is 1.38. The number of nitrogens with zero attached hydrogens (tertiary/aromatic N) is 3. The van der Waals surface area contributed by atoms with Crippen molar-refractivity contribution in [3.05, 3.63) is 30.1 Å². The van der Waals surface area contributed by atoms with Crippen LogP contribution in [0.2, 0.25) is 0 Å². The van der Waals surface area contributed by atoms with Gasteiger partial charge in [-0.15, -0.1) is 0 Å². The van der Waals surface area contributed by atoms with Crippen LogP contribution in [-0.4, -0.2) is 43.0 Å². The molecule has 1 N–H and O–H groups in total. The van der Waals surface area contributed by atoms with E-state index in [0.717, 1.165) is 12.1 Å². The van der Waals surface area contributed by atoms with E-state index in [1.807, 2.05) is 25.1 Å². The molecule has 0 fully saturated rings. The smallest absolute Gasteiger partial charge is 0.221 e. The van der Waals surface area contributed by atoms with Gasteiger partial charge >= 0.3 is 0 Å². The second-order valence-corrected chi connectivity index (χ2v) is 4.33. The second kappa shape index (κ2) is 7.41. The Morgan fingerprint density at radius 3 is 2.94 bits per heavy atom. The molecule has 0 aromatic carbocycles. The summed E-state index contributed by atoms with van der Waals surface area (Å²) in [5, 5.41) is 11.9. The lowest BCUT2D eigenvalue weighted by Crippen LogP contribution is -2.32. The monoisotopic (exact) mass is 246 g/mol. The van der Waals surface area contributed by atoms with Crippen LogP contribution in [0.5, 0.6) is 0 Å². The minimum Gasteiger partial charge on any atom is -0.355 e. The molecular weight excluding hydrogens is 228 g/mol. The minimum atomic E-state index is -0.432. The van der Waals surface area contributed by atoms with Crippen LogP contribution in [0.3, 0.4) is 0 Å². The summed E-state index contributed by atoms with van der Waals surface area (Å²) in [4.78, 5) is 17.6. The lowest BCUT2D eigenvalue weighted by molar-refractivity contribution is -0.121. The fraction of sp³-hybridized carbons (Fsp3) is 0.462. The Bertz CT molecular complexity index is 411. The molecule has 1 unspecified atom stereocenters. The molecular formula is C13H18N4O. The Morgan fingerprint density at radius 1 is 1.61 bits per heavy atom. The van der Waals surface area contributed by atoms with Gasteiger partial charge in [-0.2, -0.15) is 5.26 Å². The van der Waals surface area contributed by atoms with E-state index in [-0.39, 0.29) is 12.3 Å². The summed E-state index contributed by atoms with van der Waals surface area (Å²) in [6.07, 6.45) is 3.45. The van der Waals surface area contributed by atoms with Crippen LogP contribution >= 0.6 is 0 Å². The van der Waals surface area contributed by atoms with Crippen LogP contribution < -0.4 is 5.32 Å². The minimum absolute atomic E-state index is 0.104. The highest BCUT2D eigenvalue weighted by atomic mass is 16.1. The van der Waals surface area contributed by atoms with Gasteiger partial charge in [0.2, 0.25) is 5.91 Å². The first kappa shape index (κ1) is 14.1. The molecule has 5 heteroatoms. The van der Waals surface area contributed by atoms with E-state index >= 15 is 0 Å². The zero-order valence-corrected chi connectivity index (χ0v) is 10.8. The number of aromatic nitrogens is 1. The molecule has 0 saturated heterocycles. The van der Waals surface area contributed by atoms with Gasteiger partial charge in [0.1, 0.15) is 0 Å². The van der Waals surface area contributed by atoms with Crippen molar-refractivity contribution in [2.75, 3.05) is 27.2 Å². The second-order valence-electron chi connectivity index (χ2n) is 4.33. The average Bonchev–Trinajstić information content (AvgIpc) is 2.36. The highest BCUT2D eigenvalue weighted by Crippen LogP contribution is 2.17. The molecule has 0 radical (unpaired) electrons. The van der Waals surface area contributed by atoms with Crippen LogP contribution in [-0.2, 0) is 4.79 Å². The molecule has 1 atom stereocenters. The summed E-state index contributed by atoms with van der Waals surface area (Å²) in [6, 6.07) is 5.72. The van der Waals surface area contributed by atoms with Crippen molar-refractivity contribution < 1.29 is 4.79 Å². The predicted molar refractivity (Wildman–Crippen MR) is 68.8 cm³/mol. The van der Waals surface area contributed by atoms with Crippen molar-refractivity contribution >= 4 is 5.91 Å². The highest BCUT2D eigenvalue weighted by Gasteiger charge is 2.15. The van der Waals surface area contributed by atoms with Crippen molar-refractivity contribution in [2.24, 2.45) is 0 Å². The zero-order chi connectivity index (χ0) is 13.4. The Morgan fingerprint density at radius 2 is 2.39 bits per heavy atom. The van der Waals surface area contributed by atoms with Crippen molar-refractivity contribution in [3.8, 4) is 6.07 Å². The summed E-state index contributed by atoms with van der Waals surface area (Å²) >= 11 is 0. The number of carbonyl (C=O) groups is 1. The quantitative estimate of drug-likeness (QED) is 0.804. The van der Waals surface area contributed by atoms with Gasteiger partial charge < -0.3 is 10.2 Å². The Kier molecular flexibility index (Phi) is 5.81. The standard InChI is InChI=1S/C13H18N4O/c1-17(2)7-6-16-13(18)8-12(9-14)11-4-3-5-15-10-11/h3-5,10,12H,6-8H2,1-2H3,(H,16,18). The topological polar surface area (TPSA) is 69.0 Å². The van der Waals surface area contributed by atoms with Gasteiger partial charge in [-0.3, -0.25) is 9.78 Å². The summed E-state index contributed by atoms with van der Waals surface area (Å²) < 4.78 is 0. The molecule has 96 valence electrons. The van der Waals surface area contributed by atoms with E-state index in [0.29, 0.717) is 6.54 Å². The number of nitrogens with one attached hydrogen (secondary N) is 1. The summed E-state index contributed by atoms with van der Waals surface area (Å²) in [5.74, 6) is -0.537. The maximum atomic E-state index is 11.7. The van der Waals surface area contributed by atoms with E-state index in [9.17, 15) is 4.79 Å². The fourth-order valence-electron chi connectivity index (χ4n) is 1.50. The maximum absolute atomic E-state index is 11.7. The van der Waals surface area contributed by atoms with E-state index < -0.39 is 5.92 Å². The fourth-order valence-corrected chi connectivity index (χ4v) is 1.50. The van der Waals surface area contributed by atoms with Crippen LogP contribution in [0.25, 0.3) is 0 Å². The molecule has 1 aromatic heterocycles. The van der Waals surface area contributed by atoms with Crippen LogP contribution in [0.15, 0.2) is 24.5 Å². The number of likely N-dealkylation sites (N-methyl/N-ethyl adjacent to an activating group) is 1. The van der Waals surface area contributed by atoms with Gasteiger partial charge in [-0.05, 0) is 25.7 Å². The molecule has 1 rings (SSSR count). The normalized spacial score (nSPS) is 11.9. The van der Waals surface area contributed by atoms with E-state index in [1.165, 1.54) is 0 Å². The average molecular weight is 246 g/mol. The predicted octanol–water partition coefficient (Wildman–Crippen LogP) is 0.757. The maximum Gasteiger partial charge on any atom is 0.221 e. The largest absolute Gasteiger partial charge is 0.355 e. The lowest BCUT2D eigenvalue weighted by atomic mass is 9.99. The third-order valence-corrected chi connectivity index (χ3v) is 2.51. The molecule has 0 aliphatic carbocycles. The van der Waals surface area contributed by atoms with Crippen LogP contribution in [0.1, 0.15) is 17.9 Å². The molecule has 1 amide bonds. The zero-order valence-electron chi connectivity index (χ0n) is 10.8. The first-order chi connectivity index (χ1) is 8.63. The van der Waals surface area contributed by atoms with Gasteiger partial charge in [-0.25, -0.2) is 0 Å². The molecule has 1 aromatic rings. The molecule has 18 heavy (non-hydrogen) atoms. The van der Waals surface area contributed by atoms with Gasteiger partial charge in [0.15, 0.2) is 0 Å². The number of rotatable bonds is 6. The first-order valence-electron chi connectivity index (χ1n) is 5.84. The Balaban J connectivity index is 2.45. The first-order valence-corrected chi connectivity index (χ1v) is 5.84. The lowest BCUT2D eigenvalue weighted by Gasteiger charge is -2.12. The molecule has 5 nitrogen and oxygen atoms in total. The molecule has 0 saturated carbocycles. The van der Waals surface area contributed by atoms with E-state index in [2.05, 4.69) is 16.4 Å². The summed E-state index contributed by atoms with van der Waals surface area (Å²) in [5.41, 5.74) is 0.780. The van der Waals surface area contributed by atoms with Gasteiger partial charge in [-0.1, -0.05) is 6.07 Å². The number of hydrogen-bond acceptors (Lipinski definition) is 4. The molecule has 0 bridgehead atoms. The van der Waals surface area contributed by atoms with E-state index in [4.69, 9.17) is 5.26 Å². The third kappa shape index (κ3) is 4.93. The number of pyridine rings is 1. The van der Waals surface area contributed by atoms with Crippen LogP contribution in [0, 0.1) is 11.3 Å². The van der Waals surface area contributed by atoms with Crippen molar-refractivity contribution in [1.29, 1.82) is 5.26 Å². The summed E-state index contributed by atoms with van der Waals surface area (Å²) in [7, 11) is 3.89. The third-order valence-electron chi connectivity index (χ3n) is 2.51. The van der Waals surface area contributed by atoms with Gasteiger partial charge in [0.25, 0.3) is 0 Å². The molecule has 0 spiro atoms. The molecule has 0 aliphatic rings. The molecule has 1 heterocycles. The Hall–Kier alpha value is -1.93. The number of carbonyl (C=O) groups excluding carboxylic acids is 1. The van der Waals surface area contributed by atoms with Gasteiger partial charge in [0, 0.05) is 31.9 Å². The number of amides is 1. The van der Waals surface area contributed by atoms with Crippen molar-refractivity contribution in [1.82, 2.24) is 15.2 Å². The number of nitriles is 1. The van der Waals surface area contributed by atoms with Crippen LogP contribution in [0.4, 0.5) is 0 Å². The highest BCUT2D eigenvalue weighted by molar-refractivity contribution is 5.77. The Labute approximate surface area is 107 Å². The van der Waals surface area contributed by atoms with Crippen molar-refractivity contribution in [3.63, 3.8) is 0 Å². The van der Waals surface area contributed by atoms with Crippen molar-refractivity contribution in [2.45, 2.75) is 12.3 Å². The molecule has 0 aliphatic heterocycles. The SMILES string of the molecule is CN(C)CCNC(=O)CC(C#N)c1cccnc1. The van der Waals surface area contributed by atoms with Gasteiger partial charge in [0.05, 0.1) is 12.0 Å². The van der Waals surface area contributed by atoms with E-state index in [1.54, 1.807) is 18.5 Å².